The molecule has 3 heterocycles. The van der Waals surface area contributed by atoms with Crippen LogP contribution in [0.4, 0.5) is 0 Å². The van der Waals surface area contributed by atoms with Gasteiger partial charge in [0.15, 0.2) is 0 Å². The van der Waals surface area contributed by atoms with Crippen LogP contribution in [-0.4, -0.2) is 57.3 Å². The molecule has 130 valence electrons. The van der Waals surface area contributed by atoms with Gasteiger partial charge in [-0.2, -0.15) is 0 Å². The van der Waals surface area contributed by atoms with Crippen LogP contribution in [-0.2, 0) is 13.6 Å². The lowest BCUT2D eigenvalue weighted by molar-refractivity contribution is 0.183. The van der Waals surface area contributed by atoms with Gasteiger partial charge in [-0.3, -0.25) is 4.90 Å². The van der Waals surface area contributed by atoms with Gasteiger partial charge >= 0.3 is 0 Å². The van der Waals surface area contributed by atoms with Crippen molar-refractivity contribution in [2.45, 2.75) is 58.4 Å². The summed E-state index contributed by atoms with van der Waals surface area (Å²) in [5, 5.41) is 9.10. The molecule has 0 saturated carbocycles. The molecule has 1 aromatic heterocycles. The van der Waals surface area contributed by atoms with Crippen molar-refractivity contribution in [1.82, 2.24) is 24.6 Å². The van der Waals surface area contributed by atoms with Crippen molar-refractivity contribution >= 4 is 0 Å². The van der Waals surface area contributed by atoms with E-state index in [9.17, 15) is 0 Å². The van der Waals surface area contributed by atoms with Crippen LogP contribution in [0.2, 0.25) is 0 Å². The van der Waals surface area contributed by atoms with Crippen molar-refractivity contribution in [2.24, 2.45) is 13.0 Å². The van der Waals surface area contributed by atoms with E-state index < -0.39 is 0 Å². The highest BCUT2D eigenvalue weighted by molar-refractivity contribution is 5.04. The zero-order valence-electron chi connectivity index (χ0n) is 15.2. The van der Waals surface area contributed by atoms with E-state index in [0.29, 0.717) is 5.92 Å². The third kappa shape index (κ3) is 4.32. The fourth-order valence-electron chi connectivity index (χ4n) is 4.13. The zero-order chi connectivity index (χ0) is 16.2. The van der Waals surface area contributed by atoms with Crippen LogP contribution >= 0.6 is 0 Å². The van der Waals surface area contributed by atoms with E-state index in [4.69, 9.17) is 0 Å². The van der Waals surface area contributed by atoms with Gasteiger partial charge in [-0.05, 0) is 51.2 Å². The molecule has 2 aliphatic heterocycles. The van der Waals surface area contributed by atoms with Crippen LogP contribution in [0, 0.1) is 5.92 Å². The quantitative estimate of drug-likeness (QED) is 0.836. The van der Waals surface area contributed by atoms with E-state index in [1.807, 2.05) is 0 Å². The second kappa shape index (κ2) is 7.75. The summed E-state index contributed by atoms with van der Waals surface area (Å²) in [6.45, 7) is 11.6. The average Bonchev–Trinajstić information content (AvgIpc) is 2.89. The number of aromatic nitrogens is 3. The molecule has 0 aromatic carbocycles. The maximum absolute atomic E-state index is 4.58. The molecule has 1 aromatic rings. The minimum absolute atomic E-state index is 0.551. The molecule has 3 rings (SSSR count). The van der Waals surface area contributed by atoms with E-state index in [1.165, 1.54) is 64.1 Å². The van der Waals surface area contributed by atoms with Crippen molar-refractivity contribution in [1.29, 1.82) is 0 Å². The van der Waals surface area contributed by atoms with Crippen molar-refractivity contribution < 1.29 is 0 Å². The highest BCUT2D eigenvalue weighted by atomic mass is 15.3. The van der Waals surface area contributed by atoms with Gasteiger partial charge in [0.25, 0.3) is 0 Å². The summed E-state index contributed by atoms with van der Waals surface area (Å²) in [5.41, 5.74) is 0. The van der Waals surface area contributed by atoms with Crippen LogP contribution < -0.4 is 0 Å². The second-order valence-electron chi connectivity index (χ2n) is 7.86. The summed E-state index contributed by atoms with van der Waals surface area (Å²) in [4.78, 5) is 5.14. The van der Waals surface area contributed by atoms with Gasteiger partial charge in [-0.1, -0.05) is 20.3 Å². The summed E-state index contributed by atoms with van der Waals surface area (Å²) < 4.78 is 2.28. The smallest absolute Gasteiger partial charge is 0.146 e. The summed E-state index contributed by atoms with van der Waals surface area (Å²) in [6, 6.07) is 0. The highest BCUT2D eigenvalue weighted by Gasteiger charge is 2.26. The molecular formula is C18H33N5. The van der Waals surface area contributed by atoms with Gasteiger partial charge in [-0.15, -0.1) is 10.2 Å². The maximum Gasteiger partial charge on any atom is 0.146 e. The van der Waals surface area contributed by atoms with Crippen LogP contribution in [0.5, 0.6) is 0 Å². The SMILES string of the molecule is CC(C)CN1CCC[C@H](c2nnc(CN3CCCCC3)n2C)C1. The molecule has 0 radical (unpaired) electrons. The highest BCUT2D eigenvalue weighted by Crippen LogP contribution is 2.26. The minimum atomic E-state index is 0.551. The number of hydrogen-bond acceptors (Lipinski definition) is 4. The lowest BCUT2D eigenvalue weighted by atomic mass is 9.96. The Labute approximate surface area is 141 Å². The summed E-state index contributed by atoms with van der Waals surface area (Å²) in [5.74, 6) is 3.63. The third-order valence-electron chi connectivity index (χ3n) is 5.31. The molecule has 0 aliphatic carbocycles. The van der Waals surface area contributed by atoms with Gasteiger partial charge in [0, 0.05) is 26.1 Å². The van der Waals surface area contributed by atoms with E-state index in [0.717, 1.165) is 24.8 Å². The number of piperidine rings is 2. The van der Waals surface area contributed by atoms with E-state index in [-0.39, 0.29) is 0 Å². The predicted octanol–water partition coefficient (Wildman–Crippen LogP) is 2.64. The van der Waals surface area contributed by atoms with Crippen molar-refractivity contribution in [3.8, 4) is 0 Å². The first-order valence-electron chi connectivity index (χ1n) is 9.46. The van der Waals surface area contributed by atoms with Crippen LogP contribution in [0.25, 0.3) is 0 Å². The fraction of sp³-hybridized carbons (Fsp3) is 0.889. The van der Waals surface area contributed by atoms with Gasteiger partial charge in [0.1, 0.15) is 11.6 Å². The number of likely N-dealkylation sites (tertiary alicyclic amines) is 2. The normalized spacial score (nSPS) is 24.4. The molecule has 0 amide bonds. The van der Waals surface area contributed by atoms with E-state index in [2.05, 4.69) is 45.5 Å². The van der Waals surface area contributed by atoms with Crippen LogP contribution in [0.1, 0.15) is 63.5 Å². The Hall–Kier alpha value is -0.940. The first-order chi connectivity index (χ1) is 11.1. The molecule has 0 bridgehead atoms. The zero-order valence-corrected chi connectivity index (χ0v) is 15.2. The molecule has 2 fully saturated rings. The molecule has 0 unspecified atom stereocenters. The first-order valence-corrected chi connectivity index (χ1v) is 9.46. The summed E-state index contributed by atoms with van der Waals surface area (Å²) in [7, 11) is 2.16. The van der Waals surface area contributed by atoms with Crippen molar-refractivity contribution in [2.75, 3.05) is 32.7 Å². The fourth-order valence-corrected chi connectivity index (χ4v) is 4.13. The van der Waals surface area contributed by atoms with E-state index >= 15 is 0 Å². The second-order valence-corrected chi connectivity index (χ2v) is 7.86. The van der Waals surface area contributed by atoms with Gasteiger partial charge in [-0.25, -0.2) is 0 Å². The van der Waals surface area contributed by atoms with Crippen molar-refractivity contribution in [3.63, 3.8) is 0 Å². The number of hydrogen-bond donors (Lipinski definition) is 0. The average molecular weight is 319 g/mol. The monoisotopic (exact) mass is 319 g/mol. The molecule has 5 heteroatoms. The van der Waals surface area contributed by atoms with Crippen molar-refractivity contribution in [3.05, 3.63) is 11.6 Å². The third-order valence-corrected chi connectivity index (χ3v) is 5.31. The largest absolute Gasteiger partial charge is 0.317 e. The van der Waals surface area contributed by atoms with Gasteiger partial charge < -0.3 is 9.47 Å². The molecule has 23 heavy (non-hydrogen) atoms. The predicted molar refractivity (Wildman–Crippen MR) is 93.4 cm³/mol. The molecular weight excluding hydrogens is 286 g/mol. The molecule has 0 N–H and O–H groups in total. The molecule has 0 spiro atoms. The minimum Gasteiger partial charge on any atom is -0.317 e. The number of nitrogens with zero attached hydrogens (tertiary/aromatic N) is 5. The lowest BCUT2D eigenvalue weighted by Gasteiger charge is -2.33. The first kappa shape index (κ1) is 16.9. The summed E-state index contributed by atoms with van der Waals surface area (Å²) >= 11 is 0. The van der Waals surface area contributed by atoms with Gasteiger partial charge in [0.05, 0.1) is 6.54 Å². The van der Waals surface area contributed by atoms with Crippen LogP contribution in [0.15, 0.2) is 0 Å². The summed E-state index contributed by atoms with van der Waals surface area (Å²) in [6.07, 6.45) is 6.58. The Balaban J connectivity index is 1.63. The Morgan fingerprint density at radius 3 is 2.48 bits per heavy atom. The van der Waals surface area contributed by atoms with E-state index in [1.54, 1.807) is 0 Å². The molecule has 2 aliphatic rings. The Bertz CT molecular complexity index is 490. The molecule has 1 atom stereocenters. The Morgan fingerprint density at radius 2 is 1.74 bits per heavy atom. The van der Waals surface area contributed by atoms with Crippen LogP contribution in [0.3, 0.4) is 0 Å². The Kier molecular flexibility index (Phi) is 5.70. The Morgan fingerprint density at radius 1 is 1.00 bits per heavy atom. The number of rotatable bonds is 5. The molecule has 5 nitrogen and oxygen atoms in total. The molecule has 2 saturated heterocycles. The topological polar surface area (TPSA) is 37.2 Å². The standard InChI is InChI=1S/C18H33N5/c1-15(2)12-23-11-7-8-16(13-23)18-20-19-17(21(18)3)14-22-9-5-4-6-10-22/h15-16H,4-14H2,1-3H3/t16-/m0/s1. The lowest BCUT2D eigenvalue weighted by Crippen LogP contribution is -2.37. The van der Waals surface area contributed by atoms with Gasteiger partial charge in [0.2, 0.25) is 0 Å². The maximum atomic E-state index is 4.58.